The third-order valence-corrected chi connectivity index (χ3v) is 5.83. The molecule has 4 rings (SSSR count). The Bertz CT molecular complexity index is 1010. The van der Waals surface area contributed by atoms with E-state index in [1.54, 1.807) is 24.4 Å². The molecule has 0 saturated heterocycles. The van der Waals surface area contributed by atoms with Crippen molar-refractivity contribution in [1.29, 1.82) is 0 Å². The summed E-state index contributed by atoms with van der Waals surface area (Å²) in [5.41, 5.74) is 0.895. The number of halogens is 1. The number of carbonyl (C=O) groups excluding carboxylic acids is 2. The predicted molar refractivity (Wildman–Crippen MR) is 115 cm³/mol. The fraction of sp³-hybridized carbons (Fsp3) is 0.318. The first-order chi connectivity index (χ1) is 15.1. The van der Waals surface area contributed by atoms with Crippen LogP contribution in [0.25, 0.3) is 0 Å². The lowest BCUT2D eigenvalue weighted by Crippen LogP contribution is -2.47. The van der Waals surface area contributed by atoms with Crippen LogP contribution in [0, 0.1) is 5.82 Å². The summed E-state index contributed by atoms with van der Waals surface area (Å²) in [6.45, 7) is 0. The van der Waals surface area contributed by atoms with E-state index in [4.69, 9.17) is 0 Å². The molecule has 1 fully saturated rings. The van der Waals surface area contributed by atoms with E-state index in [9.17, 15) is 14.0 Å². The molecule has 1 aromatic carbocycles. The second-order valence-electron chi connectivity index (χ2n) is 7.44. The van der Waals surface area contributed by atoms with Gasteiger partial charge in [0.15, 0.2) is 11.7 Å². The largest absolute Gasteiger partial charge is 0.351 e. The van der Waals surface area contributed by atoms with Gasteiger partial charge in [-0.25, -0.2) is 4.39 Å². The summed E-state index contributed by atoms with van der Waals surface area (Å²) in [4.78, 5) is 32.6. The zero-order chi connectivity index (χ0) is 21.6. The molecule has 2 heterocycles. The maximum absolute atomic E-state index is 13.6. The van der Waals surface area contributed by atoms with Crippen molar-refractivity contribution < 1.29 is 14.0 Å². The molecule has 1 saturated carbocycles. The van der Waals surface area contributed by atoms with Crippen LogP contribution < -0.4 is 10.2 Å². The molecule has 7 nitrogen and oxygen atoms in total. The van der Waals surface area contributed by atoms with Crippen molar-refractivity contribution in [3.63, 3.8) is 0 Å². The van der Waals surface area contributed by atoms with Crippen LogP contribution in [0.5, 0.6) is 0 Å². The maximum atomic E-state index is 13.6. The van der Waals surface area contributed by atoms with Gasteiger partial charge in [-0.1, -0.05) is 29.8 Å². The molecular weight excluding hydrogens is 417 g/mol. The van der Waals surface area contributed by atoms with E-state index in [2.05, 4.69) is 19.9 Å². The topological polar surface area (TPSA) is 88.1 Å². The Kier molecular flexibility index (Phi) is 6.61. The van der Waals surface area contributed by atoms with Crippen LogP contribution in [0.4, 0.5) is 10.1 Å². The average molecular weight is 440 g/mol. The first-order valence-corrected chi connectivity index (χ1v) is 11.0. The molecule has 0 radical (unpaired) electrons. The first-order valence-electron chi connectivity index (χ1n) is 10.2. The Balaban J connectivity index is 1.76. The highest BCUT2D eigenvalue weighted by molar-refractivity contribution is 7.03. The van der Waals surface area contributed by atoms with Gasteiger partial charge in [0.05, 0.1) is 5.69 Å². The summed E-state index contributed by atoms with van der Waals surface area (Å²) in [5, 5.41) is 8.50. The molecule has 1 aliphatic rings. The Morgan fingerprint density at radius 3 is 2.52 bits per heavy atom. The molecule has 3 aromatic rings. The van der Waals surface area contributed by atoms with Crippen molar-refractivity contribution in [1.82, 2.24) is 19.9 Å². The van der Waals surface area contributed by atoms with Gasteiger partial charge in [-0.3, -0.25) is 19.5 Å². The number of carbonyl (C=O) groups is 2. The molecule has 2 aromatic heterocycles. The van der Waals surface area contributed by atoms with Crippen molar-refractivity contribution in [3.8, 4) is 0 Å². The number of amides is 2. The van der Waals surface area contributed by atoms with Crippen molar-refractivity contribution in [2.75, 3.05) is 4.90 Å². The summed E-state index contributed by atoms with van der Waals surface area (Å²) in [6, 6.07) is 9.67. The van der Waals surface area contributed by atoms with Crippen LogP contribution in [0.3, 0.4) is 0 Å². The lowest BCUT2D eigenvalue weighted by molar-refractivity contribution is -0.123. The van der Waals surface area contributed by atoms with E-state index < -0.39 is 17.8 Å². The van der Waals surface area contributed by atoms with Crippen LogP contribution >= 0.6 is 11.5 Å². The lowest BCUT2D eigenvalue weighted by atomic mass is 9.95. The third kappa shape index (κ3) is 4.93. The SMILES string of the molecule is O=C(NC1CCCCC1)[C@H](c1ccccn1)N(C(=O)c1csnn1)c1ccc(F)cc1. The smallest absolute Gasteiger partial charge is 0.280 e. The Morgan fingerprint density at radius 2 is 1.87 bits per heavy atom. The second kappa shape index (κ2) is 9.74. The molecule has 9 heteroatoms. The van der Waals surface area contributed by atoms with E-state index in [1.165, 1.54) is 34.5 Å². The molecule has 2 amide bonds. The van der Waals surface area contributed by atoms with E-state index >= 15 is 0 Å². The number of hydrogen-bond acceptors (Lipinski definition) is 6. The summed E-state index contributed by atoms with van der Waals surface area (Å²) in [5.74, 6) is -1.27. The fourth-order valence-corrected chi connectivity index (χ4v) is 4.25. The third-order valence-electron chi connectivity index (χ3n) is 5.33. The Morgan fingerprint density at radius 1 is 1.10 bits per heavy atom. The summed E-state index contributed by atoms with van der Waals surface area (Å²) >= 11 is 1.04. The van der Waals surface area contributed by atoms with E-state index in [0.717, 1.165) is 43.6 Å². The average Bonchev–Trinajstić information content (AvgIpc) is 3.34. The zero-order valence-corrected chi connectivity index (χ0v) is 17.6. The molecule has 0 bridgehead atoms. The highest BCUT2D eigenvalue weighted by Gasteiger charge is 2.36. The normalized spacial score (nSPS) is 15.3. The summed E-state index contributed by atoms with van der Waals surface area (Å²) in [6.07, 6.45) is 6.66. The van der Waals surface area contributed by atoms with Crippen molar-refractivity contribution in [2.24, 2.45) is 0 Å². The highest BCUT2D eigenvalue weighted by Crippen LogP contribution is 2.29. The minimum Gasteiger partial charge on any atom is -0.351 e. The van der Waals surface area contributed by atoms with Crippen molar-refractivity contribution >= 4 is 29.0 Å². The van der Waals surface area contributed by atoms with Gasteiger partial charge < -0.3 is 5.32 Å². The molecule has 0 unspecified atom stereocenters. The molecule has 1 atom stereocenters. The van der Waals surface area contributed by atoms with Gasteiger partial charge in [0.1, 0.15) is 5.82 Å². The van der Waals surface area contributed by atoms with E-state index in [-0.39, 0.29) is 17.6 Å². The van der Waals surface area contributed by atoms with Gasteiger partial charge in [0.25, 0.3) is 5.91 Å². The quantitative estimate of drug-likeness (QED) is 0.629. The molecule has 0 spiro atoms. The minimum atomic E-state index is -1.04. The molecule has 1 aliphatic carbocycles. The van der Waals surface area contributed by atoms with Gasteiger partial charge >= 0.3 is 0 Å². The number of aromatic nitrogens is 3. The molecule has 0 aliphatic heterocycles. The standard InChI is InChI=1S/C22H22FN5O2S/c23-15-9-11-17(12-10-15)28(22(30)19-14-31-27-26-19)20(18-8-4-5-13-24-18)21(29)25-16-6-2-1-3-7-16/h4-5,8-14,16,20H,1-3,6-7H2,(H,25,29)/t20-/m0/s1. The first kappa shape index (κ1) is 21.0. The van der Waals surface area contributed by atoms with Crippen LogP contribution in [-0.4, -0.2) is 32.4 Å². The van der Waals surface area contributed by atoms with Crippen molar-refractivity contribution in [2.45, 2.75) is 44.2 Å². The predicted octanol–water partition coefficient (Wildman–Crippen LogP) is 3.91. The number of hydrogen-bond donors (Lipinski definition) is 1. The van der Waals surface area contributed by atoms with Crippen LogP contribution in [0.15, 0.2) is 54.0 Å². The van der Waals surface area contributed by atoms with Gasteiger partial charge in [-0.2, -0.15) is 0 Å². The number of rotatable bonds is 6. The summed E-state index contributed by atoms with van der Waals surface area (Å²) < 4.78 is 17.4. The minimum absolute atomic E-state index is 0.0542. The molecule has 1 N–H and O–H groups in total. The van der Waals surface area contributed by atoms with Gasteiger partial charge in [0.2, 0.25) is 5.91 Å². The second-order valence-corrected chi connectivity index (χ2v) is 8.05. The zero-order valence-electron chi connectivity index (χ0n) is 16.8. The molecule has 160 valence electrons. The number of pyridine rings is 1. The van der Waals surface area contributed by atoms with Crippen LogP contribution in [0.2, 0.25) is 0 Å². The highest BCUT2D eigenvalue weighted by atomic mass is 32.1. The monoisotopic (exact) mass is 439 g/mol. The molecule has 31 heavy (non-hydrogen) atoms. The molecular formula is C22H22FN5O2S. The number of nitrogens with zero attached hydrogens (tertiary/aromatic N) is 4. The van der Waals surface area contributed by atoms with Gasteiger partial charge in [-0.15, -0.1) is 5.10 Å². The van der Waals surface area contributed by atoms with E-state index in [0.29, 0.717) is 11.4 Å². The maximum Gasteiger partial charge on any atom is 0.280 e. The number of nitrogens with one attached hydrogen (secondary N) is 1. The fourth-order valence-electron chi connectivity index (χ4n) is 3.82. The number of anilines is 1. The van der Waals surface area contributed by atoms with Crippen molar-refractivity contribution in [3.05, 3.63) is 71.2 Å². The lowest BCUT2D eigenvalue weighted by Gasteiger charge is -2.32. The van der Waals surface area contributed by atoms with Gasteiger partial charge in [-0.05, 0) is 60.8 Å². The van der Waals surface area contributed by atoms with Gasteiger partial charge in [0, 0.05) is 23.3 Å². The number of benzene rings is 1. The van der Waals surface area contributed by atoms with Crippen LogP contribution in [0.1, 0.15) is 54.3 Å². The Hall–Kier alpha value is -3.20. The summed E-state index contributed by atoms with van der Waals surface area (Å²) in [7, 11) is 0. The Labute approximate surface area is 183 Å². The van der Waals surface area contributed by atoms with Crippen LogP contribution in [-0.2, 0) is 4.79 Å². The van der Waals surface area contributed by atoms with E-state index in [1.807, 2.05) is 0 Å².